The van der Waals surface area contributed by atoms with Gasteiger partial charge >= 0.3 is 0 Å². The van der Waals surface area contributed by atoms with E-state index in [4.69, 9.17) is 11.6 Å². The Morgan fingerprint density at radius 1 is 1.53 bits per heavy atom. The van der Waals surface area contributed by atoms with Crippen molar-refractivity contribution < 1.29 is 13.3 Å². The van der Waals surface area contributed by atoms with Gasteiger partial charge in [-0.05, 0) is 6.92 Å². The summed E-state index contributed by atoms with van der Waals surface area (Å²) in [4.78, 5) is 13.8. The van der Waals surface area contributed by atoms with Crippen LogP contribution in [-0.4, -0.2) is 18.3 Å². The Hall–Kier alpha value is -1.23. The highest BCUT2D eigenvalue weighted by molar-refractivity contribution is 7.95. The maximum absolute atomic E-state index is 12.0. The predicted octanol–water partition coefficient (Wildman–Crippen LogP) is 2.88. The molecule has 0 aliphatic carbocycles. The highest BCUT2D eigenvalue weighted by atomic mass is 35.5. The molecule has 0 saturated heterocycles. The average Bonchev–Trinajstić information content (AvgIpc) is 2.84. The number of anilines is 1. The van der Waals surface area contributed by atoms with Gasteiger partial charge in [0.05, 0.1) is 10.6 Å². The Bertz CT molecular complexity index is 736. The molecule has 0 atom stereocenters. The highest BCUT2D eigenvalue weighted by Crippen LogP contribution is 2.37. The Balaban J connectivity index is 2.34. The molecule has 1 N–H and O–H groups in total. The van der Waals surface area contributed by atoms with Crippen LogP contribution < -0.4 is 4.72 Å². The smallest absolute Gasteiger partial charge is 0.258 e. The molecular formula is C8H6ClN3O4S3. The van der Waals surface area contributed by atoms with Crippen molar-refractivity contribution in [3.05, 3.63) is 31.6 Å². The maximum atomic E-state index is 12.0. The number of aryl methyl sites for hydroxylation is 1. The summed E-state index contributed by atoms with van der Waals surface area (Å²) in [6.45, 7) is 1.72. The number of nitro groups is 1. The molecule has 0 fully saturated rings. The summed E-state index contributed by atoms with van der Waals surface area (Å²) in [5, 5.41) is 12.5. The van der Waals surface area contributed by atoms with Gasteiger partial charge in [-0.3, -0.25) is 14.8 Å². The lowest BCUT2D eigenvalue weighted by atomic mass is 10.6. The molecule has 11 heteroatoms. The highest BCUT2D eigenvalue weighted by Gasteiger charge is 2.25. The normalized spacial score (nSPS) is 11.5. The summed E-state index contributed by atoms with van der Waals surface area (Å²) in [5.41, 5.74) is 0.250. The van der Waals surface area contributed by atoms with Crippen molar-refractivity contribution in [2.24, 2.45) is 0 Å². The molecule has 2 rings (SSSR count). The van der Waals surface area contributed by atoms with Crippen molar-refractivity contribution in [1.82, 2.24) is 4.98 Å². The molecule has 102 valence electrons. The van der Waals surface area contributed by atoms with Crippen LogP contribution in [0.15, 0.2) is 15.7 Å². The van der Waals surface area contributed by atoms with Crippen LogP contribution in [0, 0.1) is 17.0 Å². The van der Waals surface area contributed by atoms with E-state index in [1.165, 1.54) is 0 Å². The fourth-order valence-electron chi connectivity index (χ4n) is 1.16. The van der Waals surface area contributed by atoms with E-state index in [0.29, 0.717) is 17.0 Å². The average molecular weight is 340 g/mol. The summed E-state index contributed by atoms with van der Waals surface area (Å²) in [6.07, 6.45) is 0. The van der Waals surface area contributed by atoms with E-state index < -0.39 is 20.6 Å². The van der Waals surface area contributed by atoms with E-state index >= 15 is 0 Å². The first-order valence-electron chi connectivity index (χ1n) is 4.68. The van der Waals surface area contributed by atoms with Crippen molar-refractivity contribution in [1.29, 1.82) is 0 Å². The minimum atomic E-state index is -3.91. The largest absolute Gasteiger partial charge is 0.300 e. The maximum Gasteiger partial charge on any atom is 0.300 e. The quantitative estimate of drug-likeness (QED) is 0.681. The molecule has 0 unspecified atom stereocenters. The lowest BCUT2D eigenvalue weighted by molar-refractivity contribution is -0.384. The zero-order valence-corrected chi connectivity index (χ0v) is 12.5. The van der Waals surface area contributed by atoms with Crippen LogP contribution in [0.2, 0.25) is 4.34 Å². The van der Waals surface area contributed by atoms with E-state index in [9.17, 15) is 18.5 Å². The van der Waals surface area contributed by atoms with Crippen molar-refractivity contribution in [3.8, 4) is 0 Å². The molecule has 0 amide bonds. The number of hydrogen-bond acceptors (Lipinski definition) is 7. The Labute approximate surface area is 121 Å². The number of aromatic nitrogens is 1. The number of thiazole rings is 1. The van der Waals surface area contributed by atoms with Crippen LogP contribution in [-0.2, 0) is 10.0 Å². The van der Waals surface area contributed by atoms with Crippen LogP contribution in [0.25, 0.3) is 0 Å². The fourth-order valence-corrected chi connectivity index (χ4v) is 4.77. The van der Waals surface area contributed by atoms with Gasteiger partial charge in [0.1, 0.15) is 4.21 Å². The zero-order chi connectivity index (χ0) is 14.2. The minimum absolute atomic E-state index is 0.180. The van der Waals surface area contributed by atoms with E-state index in [-0.39, 0.29) is 13.7 Å². The second kappa shape index (κ2) is 5.04. The third-order valence-corrected chi connectivity index (χ3v) is 6.10. The Morgan fingerprint density at radius 3 is 2.68 bits per heavy atom. The van der Waals surface area contributed by atoms with Gasteiger partial charge in [-0.1, -0.05) is 11.6 Å². The molecule has 2 aromatic heterocycles. The second-order valence-corrected chi connectivity index (χ2v) is 7.80. The molecule has 0 spiro atoms. The molecule has 0 bridgehead atoms. The standard InChI is InChI=1S/C8H6ClN3O4S3/c1-4-3-17-8(10-4)11-19(15,16)6-2-5(12(13)14)7(9)18-6/h2-3H,1H3,(H,10,11). The van der Waals surface area contributed by atoms with E-state index in [1.54, 1.807) is 12.3 Å². The summed E-state index contributed by atoms with van der Waals surface area (Å²) in [6, 6.07) is 0.926. The number of hydrogen-bond donors (Lipinski definition) is 1. The van der Waals surface area contributed by atoms with Crippen LogP contribution in [0.3, 0.4) is 0 Å². The summed E-state index contributed by atoms with van der Waals surface area (Å²) < 4.78 is 25.8. The Morgan fingerprint density at radius 2 is 2.21 bits per heavy atom. The summed E-state index contributed by atoms with van der Waals surface area (Å²) in [5.74, 6) is 0. The third kappa shape index (κ3) is 3.03. The first-order valence-corrected chi connectivity index (χ1v) is 8.24. The minimum Gasteiger partial charge on any atom is -0.258 e. The van der Waals surface area contributed by atoms with Gasteiger partial charge in [0.25, 0.3) is 15.7 Å². The first-order chi connectivity index (χ1) is 8.79. The van der Waals surface area contributed by atoms with Crippen LogP contribution in [0.1, 0.15) is 5.69 Å². The predicted molar refractivity (Wildman–Crippen MR) is 73.6 cm³/mol. The van der Waals surface area contributed by atoms with Crippen LogP contribution >= 0.6 is 34.3 Å². The molecule has 0 radical (unpaired) electrons. The third-order valence-electron chi connectivity index (χ3n) is 1.95. The molecule has 2 heterocycles. The second-order valence-electron chi connectivity index (χ2n) is 3.38. The lowest BCUT2D eigenvalue weighted by Crippen LogP contribution is -2.11. The van der Waals surface area contributed by atoms with E-state index in [1.807, 2.05) is 0 Å². The summed E-state index contributed by atoms with van der Waals surface area (Å²) >= 11 is 7.38. The molecule has 2 aromatic rings. The van der Waals surface area contributed by atoms with Crippen LogP contribution in [0.5, 0.6) is 0 Å². The molecular weight excluding hydrogens is 334 g/mol. The van der Waals surface area contributed by atoms with Crippen molar-refractivity contribution >= 4 is 55.1 Å². The first kappa shape index (κ1) is 14.2. The Kier molecular flexibility index (Phi) is 3.76. The summed E-state index contributed by atoms with van der Waals surface area (Å²) in [7, 11) is -3.91. The van der Waals surface area contributed by atoms with Crippen molar-refractivity contribution in [3.63, 3.8) is 0 Å². The van der Waals surface area contributed by atoms with Crippen molar-refractivity contribution in [2.75, 3.05) is 4.72 Å². The van der Waals surface area contributed by atoms with Gasteiger partial charge in [-0.25, -0.2) is 13.4 Å². The molecule has 0 aliphatic heterocycles. The molecule has 0 aliphatic rings. The topological polar surface area (TPSA) is 102 Å². The van der Waals surface area contributed by atoms with E-state index in [2.05, 4.69) is 9.71 Å². The lowest BCUT2D eigenvalue weighted by Gasteiger charge is -2.00. The van der Waals surface area contributed by atoms with E-state index in [0.717, 1.165) is 17.4 Å². The number of nitrogens with zero attached hydrogens (tertiary/aromatic N) is 2. The van der Waals surface area contributed by atoms with Gasteiger partial charge in [0, 0.05) is 11.4 Å². The van der Waals surface area contributed by atoms with Gasteiger partial charge < -0.3 is 0 Å². The SMILES string of the molecule is Cc1csc(NS(=O)(=O)c2cc([N+](=O)[O-])c(Cl)s2)n1. The number of halogens is 1. The number of nitrogens with one attached hydrogen (secondary N) is 1. The van der Waals surface area contributed by atoms with Crippen molar-refractivity contribution in [2.45, 2.75) is 11.1 Å². The van der Waals surface area contributed by atoms with Gasteiger partial charge in [0.2, 0.25) is 0 Å². The molecule has 0 aromatic carbocycles. The number of sulfonamides is 1. The number of rotatable bonds is 4. The number of thiophene rings is 1. The monoisotopic (exact) mass is 339 g/mol. The zero-order valence-electron chi connectivity index (χ0n) is 9.28. The molecule has 7 nitrogen and oxygen atoms in total. The van der Waals surface area contributed by atoms with Gasteiger partial charge in [-0.2, -0.15) is 0 Å². The van der Waals surface area contributed by atoms with Gasteiger partial charge in [0.15, 0.2) is 9.47 Å². The van der Waals surface area contributed by atoms with Crippen LogP contribution in [0.4, 0.5) is 10.8 Å². The van der Waals surface area contributed by atoms with Gasteiger partial charge in [-0.15, -0.1) is 22.7 Å². The fraction of sp³-hybridized carbons (Fsp3) is 0.125. The molecule has 0 saturated carbocycles. The molecule has 19 heavy (non-hydrogen) atoms.